The third-order valence-corrected chi connectivity index (χ3v) is 2.77. The Kier molecular flexibility index (Phi) is 3.02. The summed E-state index contributed by atoms with van der Waals surface area (Å²) < 4.78 is 2.80. The molecule has 0 radical (unpaired) electrons. The molecule has 0 amide bonds. The highest BCUT2D eigenvalue weighted by Gasteiger charge is 2.07. The molecule has 2 rings (SSSR count). The van der Waals surface area contributed by atoms with Gasteiger partial charge in [-0.2, -0.15) is 5.10 Å². The summed E-state index contributed by atoms with van der Waals surface area (Å²) in [5, 5.41) is 4.37. The van der Waals surface area contributed by atoms with Gasteiger partial charge in [-0.1, -0.05) is 22.9 Å². The Balaban J connectivity index is 2.30. The van der Waals surface area contributed by atoms with E-state index in [4.69, 9.17) is 5.73 Å². The topological polar surface area (TPSA) is 56.2 Å². The third-order valence-electron chi connectivity index (χ3n) is 2.28. The maximum atomic E-state index is 5.57. The van der Waals surface area contributed by atoms with Crippen LogP contribution in [0.25, 0.3) is 5.65 Å². The van der Waals surface area contributed by atoms with Crippen molar-refractivity contribution in [3.8, 4) is 0 Å². The molecule has 0 aromatic carbocycles. The van der Waals surface area contributed by atoms with Crippen LogP contribution in [0.2, 0.25) is 0 Å². The van der Waals surface area contributed by atoms with Crippen LogP contribution < -0.4 is 5.73 Å². The van der Waals surface area contributed by atoms with Crippen LogP contribution in [0.15, 0.2) is 22.8 Å². The number of fused-ring (bicyclic) bond motifs is 1. The Bertz CT molecular complexity index is 465. The van der Waals surface area contributed by atoms with E-state index in [1.807, 2.05) is 18.3 Å². The highest BCUT2D eigenvalue weighted by molar-refractivity contribution is 9.10. The van der Waals surface area contributed by atoms with E-state index in [2.05, 4.69) is 32.9 Å². The van der Waals surface area contributed by atoms with Crippen molar-refractivity contribution in [1.29, 1.82) is 0 Å². The largest absolute Gasteiger partial charge is 0.330 e. The molecule has 0 bridgehead atoms. The summed E-state index contributed by atoms with van der Waals surface area (Å²) in [4.78, 5) is 4.43. The molecule has 80 valence electrons. The Morgan fingerprint density at radius 2 is 2.40 bits per heavy atom. The normalized spacial score (nSPS) is 13.3. The second-order valence-electron chi connectivity index (χ2n) is 3.72. The van der Waals surface area contributed by atoms with Crippen LogP contribution in [0, 0.1) is 5.92 Å². The van der Waals surface area contributed by atoms with Crippen molar-refractivity contribution in [3.63, 3.8) is 0 Å². The summed E-state index contributed by atoms with van der Waals surface area (Å²) in [5.41, 5.74) is 6.43. The summed E-state index contributed by atoms with van der Waals surface area (Å²) in [5.74, 6) is 1.27. The highest BCUT2D eigenvalue weighted by atomic mass is 79.9. The van der Waals surface area contributed by atoms with Gasteiger partial charge in [-0.15, -0.1) is 0 Å². The molecule has 0 saturated heterocycles. The van der Waals surface area contributed by atoms with Crippen molar-refractivity contribution < 1.29 is 0 Å². The smallest absolute Gasteiger partial charge is 0.156 e. The molecule has 0 fully saturated rings. The molecule has 2 aromatic heterocycles. The van der Waals surface area contributed by atoms with Crippen molar-refractivity contribution in [2.75, 3.05) is 6.54 Å². The first-order valence-corrected chi connectivity index (χ1v) is 5.69. The molecule has 4 nitrogen and oxygen atoms in total. The number of aromatic nitrogens is 3. The van der Waals surface area contributed by atoms with Crippen molar-refractivity contribution >= 4 is 21.6 Å². The Morgan fingerprint density at radius 3 is 3.13 bits per heavy atom. The summed E-state index contributed by atoms with van der Waals surface area (Å²) in [6, 6.07) is 3.89. The number of nitrogens with two attached hydrogens (primary N) is 1. The van der Waals surface area contributed by atoms with Crippen molar-refractivity contribution in [1.82, 2.24) is 14.6 Å². The molecule has 0 aliphatic rings. The van der Waals surface area contributed by atoms with E-state index in [0.29, 0.717) is 12.5 Å². The lowest BCUT2D eigenvalue weighted by atomic mass is 10.1. The van der Waals surface area contributed by atoms with Gasteiger partial charge in [-0.25, -0.2) is 9.50 Å². The van der Waals surface area contributed by atoms with E-state index in [1.54, 1.807) is 4.52 Å². The zero-order valence-corrected chi connectivity index (χ0v) is 10.1. The van der Waals surface area contributed by atoms with Crippen LogP contribution in [0.1, 0.15) is 12.7 Å². The summed E-state index contributed by atoms with van der Waals surface area (Å²) in [6.45, 7) is 2.76. The predicted molar refractivity (Wildman–Crippen MR) is 62.6 cm³/mol. The zero-order valence-electron chi connectivity index (χ0n) is 8.52. The Morgan fingerprint density at radius 1 is 1.60 bits per heavy atom. The number of halogens is 1. The highest BCUT2D eigenvalue weighted by Crippen LogP contribution is 2.12. The Hall–Kier alpha value is -0.940. The lowest BCUT2D eigenvalue weighted by molar-refractivity contribution is 0.573. The van der Waals surface area contributed by atoms with Crippen LogP contribution in [-0.2, 0) is 6.42 Å². The van der Waals surface area contributed by atoms with Crippen LogP contribution in [0.3, 0.4) is 0 Å². The molecule has 0 saturated carbocycles. The molecule has 0 aliphatic heterocycles. The molecular formula is C10H13BrN4. The standard InChI is InChI=1S/C10H13BrN4/c1-7(6-12)4-9-13-10-5-8(11)2-3-15(10)14-9/h2-3,5,7H,4,6,12H2,1H3. The van der Waals surface area contributed by atoms with Crippen LogP contribution >= 0.6 is 15.9 Å². The first-order chi connectivity index (χ1) is 7.19. The molecule has 2 N–H and O–H groups in total. The van der Waals surface area contributed by atoms with E-state index in [-0.39, 0.29) is 0 Å². The van der Waals surface area contributed by atoms with E-state index in [0.717, 1.165) is 22.4 Å². The molecule has 0 aliphatic carbocycles. The number of rotatable bonds is 3. The van der Waals surface area contributed by atoms with Crippen LogP contribution in [0.4, 0.5) is 0 Å². The maximum Gasteiger partial charge on any atom is 0.156 e. The maximum absolute atomic E-state index is 5.57. The van der Waals surface area contributed by atoms with Gasteiger partial charge in [0.25, 0.3) is 0 Å². The lowest BCUT2D eigenvalue weighted by Crippen LogP contribution is -2.13. The average Bonchev–Trinajstić information content (AvgIpc) is 2.59. The van der Waals surface area contributed by atoms with Gasteiger partial charge in [-0.3, -0.25) is 0 Å². The fourth-order valence-electron chi connectivity index (χ4n) is 1.38. The predicted octanol–water partition coefficient (Wildman–Crippen LogP) is 1.63. The van der Waals surface area contributed by atoms with Gasteiger partial charge in [0.15, 0.2) is 11.5 Å². The fourth-order valence-corrected chi connectivity index (χ4v) is 1.71. The number of pyridine rings is 1. The van der Waals surface area contributed by atoms with Gasteiger partial charge in [0, 0.05) is 17.1 Å². The number of hydrogen-bond acceptors (Lipinski definition) is 3. The molecule has 1 atom stereocenters. The monoisotopic (exact) mass is 268 g/mol. The van der Waals surface area contributed by atoms with Crippen LogP contribution in [-0.4, -0.2) is 21.1 Å². The SMILES string of the molecule is CC(CN)Cc1nc2cc(Br)ccn2n1. The van der Waals surface area contributed by atoms with Crippen molar-refractivity contribution in [2.45, 2.75) is 13.3 Å². The molecule has 2 aromatic rings. The average molecular weight is 269 g/mol. The van der Waals surface area contributed by atoms with Crippen molar-refractivity contribution in [3.05, 3.63) is 28.6 Å². The van der Waals surface area contributed by atoms with E-state index < -0.39 is 0 Å². The Labute approximate surface area is 96.6 Å². The fraction of sp³-hybridized carbons (Fsp3) is 0.400. The molecule has 1 unspecified atom stereocenters. The van der Waals surface area contributed by atoms with Gasteiger partial charge in [-0.05, 0) is 24.6 Å². The summed E-state index contributed by atoms with van der Waals surface area (Å²) in [6.07, 6.45) is 2.72. The van der Waals surface area contributed by atoms with Gasteiger partial charge >= 0.3 is 0 Å². The minimum absolute atomic E-state index is 0.422. The van der Waals surface area contributed by atoms with E-state index in [1.165, 1.54) is 0 Å². The minimum Gasteiger partial charge on any atom is -0.330 e. The molecular weight excluding hydrogens is 256 g/mol. The van der Waals surface area contributed by atoms with Gasteiger partial charge in [0.05, 0.1) is 0 Å². The first-order valence-electron chi connectivity index (χ1n) is 4.90. The minimum atomic E-state index is 0.422. The molecule has 2 heterocycles. The van der Waals surface area contributed by atoms with E-state index in [9.17, 15) is 0 Å². The quantitative estimate of drug-likeness (QED) is 0.921. The number of nitrogens with zero attached hydrogens (tertiary/aromatic N) is 3. The second kappa shape index (κ2) is 4.28. The van der Waals surface area contributed by atoms with Gasteiger partial charge in [0.2, 0.25) is 0 Å². The third kappa shape index (κ3) is 2.35. The first kappa shape index (κ1) is 10.6. The molecule has 15 heavy (non-hydrogen) atoms. The van der Waals surface area contributed by atoms with E-state index >= 15 is 0 Å². The molecule has 0 spiro atoms. The molecule has 5 heteroatoms. The van der Waals surface area contributed by atoms with Crippen LogP contribution in [0.5, 0.6) is 0 Å². The lowest BCUT2D eigenvalue weighted by Gasteiger charge is -2.02. The second-order valence-corrected chi connectivity index (χ2v) is 4.64. The van der Waals surface area contributed by atoms with Crippen molar-refractivity contribution in [2.24, 2.45) is 11.7 Å². The van der Waals surface area contributed by atoms with Gasteiger partial charge < -0.3 is 5.73 Å². The summed E-state index contributed by atoms with van der Waals surface area (Å²) >= 11 is 3.41. The zero-order chi connectivity index (χ0) is 10.8. The van der Waals surface area contributed by atoms with Gasteiger partial charge in [0.1, 0.15) is 0 Å². The summed E-state index contributed by atoms with van der Waals surface area (Å²) in [7, 11) is 0. The number of hydrogen-bond donors (Lipinski definition) is 1.